The topological polar surface area (TPSA) is 20.2 Å². The van der Waals surface area contributed by atoms with Crippen molar-refractivity contribution in [1.82, 2.24) is 0 Å². The zero-order valence-electron chi connectivity index (χ0n) is 9.41. The van der Waals surface area contributed by atoms with Gasteiger partial charge in [0.1, 0.15) is 5.82 Å². The molecule has 2 aromatic rings. The predicted octanol–water partition coefficient (Wildman–Crippen LogP) is 4.63. The van der Waals surface area contributed by atoms with Gasteiger partial charge in [0.15, 0.2) is 0 Å². The number of hydrogen-bond donors (Lipinski definition) is 1. The maximum Gasteiger partial charge on any atom is 0.123 e. The fourth-order valence-electron chi connectivity index (χ4n) is 1.75. The molecule has 1 unspecified atom stereocenters. The molecule has 1 nitrogen and oxygen atoms in total. The van der Waals surface area contributed by atoms with Crippen LogP contribution in [0.25, 0.3) is 0 Å². The summed E-state index contributed by atoms with van der Waals surface area (Å²) in [4.78, 5) is 0. The van der Waals surface area contributed by atoms with Crippen LogP contribution in [0.1, 0.15) is 17.2 Å². The van der Waals surface area contributed by atoms with E-state index in [1.54, 1.807) is 6.07 Å². The maximum absolute atomic E-state index is 13.2. The Balaban J connectivity index is 2.25. The molecule has 1 N–H and O–H groups in total. The summed E-state index contributed by atoms with van der Waals surface area (Å²) in [5.41, 5.74) is 1.55. The molecule has 4 heteroatoms. The standard InChI is InChI=1S/C14H11Br2FO/c15-12-4-2-1-3-9(12)7-14(18)11-8-10(17)5-6-13(11)16/h1-6,8,14,18H,7H2. The molecular formula is C14H11Br2FO. The summed E-state index contributed by atoms with van der Waals surface area (Å²) in [6.07, 6.45) is -0.308. The zero-order valence-corrected chi connectivity index (χ0v) is 12.6. The van der Waals surface area contributed by atoms with Gasteiger partial charge < -0.3 is 5.11 Å². The third-order valence-corrected chi connectivity index (χ3v) is 4.18. The van der Waals surface area contributed by atoms with Crippen LogP contribution in [0.4, 0.5) is 4.39 Å². The molecule has 0 spiro atoms. The highest BCUT2D eigenvalue weighted by molar-refractivity contribution is 9.10. The Morgan fingerprint density at radius 3 is 2.50 bits per heavy atom. The highest BCUT2D eigenvalue weighted by Crippen LogP contribution is 2.28. The molecular weight excluding hydrogens is 363 g/mol. The van der Waals surface area contributed by atoms with Crippen molar-refractivity contribution < 1.29 is 9.50 Å². The van der Waals surface area contributed by atoms with E-state index in [1.807, 2.05) is 24.3 Å². The molecule has 0 radical (unpaired) electrons. The Kier molecular flexibility index (Phi) is 4.54. The van der Waals surface area contributed by atoms with E-state index in [4.69, 9.17) is 0 Å². The minimum Gasteiger partial charge on any atom is -0.388 e. The van der Waals surface area contributed by atoms with E-state index in [-0.39, 0.29) is 5.82 Å². The average Bonchev–Trinajstić information content (AvgIpc) is 2.35. The largest absolute Gasteiger partial charge is 0.388 e. The summed E-state index contributed by atoms with van der Waals surface area (Å²) in [5.74, 6) is -0.348. The number of benzene rings is 2. The van der Waals surface area contributed by atoms with E-state index < -0.39 is 6.10 Å². The number of hydrogen-bond acceptors (Lipinski definition) is 1. The van der Waals surface area contributed by atoms with Crippen molar-refractivity contribution in [2.45, 2.75) is 12.5 Å². The second-order valence-corrected chi connectivity index (χ2v) is 5.69. The van der Waals surface area contributed by atoms with Crippen molar-refractivity contribution >= 4 is 31.9 Å². The van der Waals surface area contributed by atoms with Crippen molar-refractivity contribution in [3.05, 3.63) is 68.4 Å². The number of aliphatic hydroxyl groups excluding tert-OH is 1. The maximum atomic E-state index is 13.2. The van der Waals surface area contributed by atoms with Gasteiger partial charge in [-0.15, -0.1) is 0 Å². The first-order valence-electron chi connectivity index (χ1n) is 5.44. The van der Waals surface area contributed by atoms with E-state index in [0.29, 0.717) is 16.5 Å². The second-order valence-electron chi connectivity index (χ2n) is 3.98. The third-order valence-electron chi connectivity index (χ3n) is 2.69. The number of aliphatic hydroxyl groups is 1. The number of rotatable bonds is 3. The smallest absolute Gasteiger partial charge is 0.123 e. The Labute approximate surface area is 122 Å². The van der Waals surface area contributed by atoms with Crippen molar-refractivity contribution in [3.8, 4) is 0 Å². The zero-order chi connectivity index (χ0) is 13.1. The Morgan fingerprint density at radius 2 is 1.78 bits per heavy atom. The van der Waals surface area contributed by atoms with Gasteiger partial charge in [0.05, 0.1) is 6.10 Å². The van der Waals surface area contributed by atoms with Crippen LogP contribution in [0.15, 0.2) is 51.4 Å². The molecule has 0 bridgehead atoms. The first-order valence-corrected chi connectivity index (χ1v) is 7.03. The lowest BCUT2D eigenvalue weighted by molar-refractivity contribution is 0.177. The summed E-state index contributed by atoms with van der Waals surface area (Å²) in [7, 11) is 0. The monoisotopic (exact) mass is 372 g/mol. The second kappa shape index (κ2) is 5.95. The van der Waals surface area contributed by atoms with Gasteiger partial charge in [-0.3, -0.25) is 0 Å². The fraction of sp³-hybridized carbons (Fsp3) is 0.143. The molecule has 0 heterocycles. The molecule has 18 heavy (non-hydrogen) atoms. The molecule has 0 amide bonds. The lowest BCUT2D eigenvalue weighted by atomic mass is 10.0. The Morgan fingerprint density at radius 1 is 1.06 bits per heavy atom. The minimum absolute atomic E-state index is 0.348. The predicted molar refractivity (Wildman–Crippen MR) is 76.9 cm³/mol. The molecule has 0 saturated heterocycles. The summed E-state index contributed by atoms with van der Waals surface area (Å²) in [5, 5.41) is 10.2. The first kappa shape index (κ1) is 13.7. The normalized spacial score (nSPS) is 12.4. The lowest BCUT2D eigenvalue weighted by Gasteiger charge is -2.14. The van der Waals surface area contributed by atoms with Gasteiger partial charge in [0, 0.05) is 15.4 Å². The molecule has 0 aliphatic carbocycles. The van der Waals surface area contributed by atoms with Crippen LogP contribution < -0.4 is 0 Å². The van der Waals surface area contributed by atoms with Crippen molar-refractivity contribution in [1.29, 1.82) is 0 Å². The molecule has 0 aliphatic heterocycles. The van der Waals surface area contributed by atoms with Gasteiger partial charge >= 0.3 is 0 Å². The van der Waals surface area contributed by atoms with Gasteiger partial charge in [0.2, 0.25) is 0 Å². The molecule has 0 aliphatic rings. The van der Waals surface area contributed by atoms with E-state index in [0.717, 1.165) is 10.0 Å². The SMILES string of the molecule is OC(Cc1ccccc1Br)c1cc(F)ccc1Br. The Bertz CT molecular complexity index is 557. The molecule has 2 rings (SSSR count). The molecule has 0 aromatic heterocycles. The molecule has 0 saturated carbocycles. The average molecular weight is 374 g/mol. The first-order chi connectivity index (χ1) is 8.58. The van der Waals surface area contributed by atoms with Gasteiger partial charge in [-0.1, -0.05) is 50.1 Å². The molecule has 2 aromatic carbocycles. The van der Waals surface area contributed by atoms with Crippen LogP contribution in [0.3, 0.4) is 0 Å². The number of halogens is 3. The van der Waals surface area contributed by atoms with Gasteiger partial charge in [-0.2, -0.15) is 0 Å². The van der Waals surface area contributed by atoms with Crippen molar-refractivity contribution in [2.75, 3.05) is 0 Å². The van der Waals surface area contributed by atoms with Crippen LogP contribution in [0.2, 0.25) is 0 Å². The van der Waals surface area contributed by atoms with E-state index in [9.17, 15) is 9.50 Å². The molecule has 1 atom stereocenters. The summed E-state index contributed by atoms with van der Waals surface area (Å²) < 4.78 is 14.8. The highest BCUT2D eigenvalue weighted by atomic mass is 79.9. The van der Waals surface area contributed by atoms with Crippen LogP contribution in [-0.4, -0.2) is 5.11 Å². The van der Waals surface area contributed by atoms with Crippen LogP contribution in [0, 0.1) is 5.82 Å². The third kappa shape index (κ3) is 3.19. The molecule has 94 valence electrons. The minimum atomic E-state index is -0.742. The molecule has 0 fully saturated rings. The van der Waals surface area contributed by atoms with E-state index in [1.165, 1.54) is 12.1 Å². The van der Waals surface area contributed by atoms with Crippen LogP contribution in [-0.2, 0) is 6.42 Å². The summed E-state index contributed by atoms with van der Waals surface area (Å²) in [6.45, 7) is 0. The van der Waals surface area contributed by atoms with Crippen LogP contribution >= 0.6 is 31.9 Å². The highest BCUT2D eigenvalue weighted by Gasteiger charge is 2.14. The van der Waals surface area contributed by atoms with Gasteiger partial charge in [-0.25, -0.2) is 4.39 Å². The summed E-state index contributed by atoms with van der Waals surface area (Å²) >= 11 is 6.76. The van der Waals surface area contributed by atoms with E-state index in [2.05, 4.69) is 31.9 Å². The van der Waals surface area contributed by atoms with Gasteiger partial charge in [-0.05, 0) is 35.4 Å². The van der Waals surface area contributed by atoms with Crippen LogP contribution in [0.5, 0.6) is 0 Å². The quantitative estimate of drug-likeness (QED) is 0.831. The Hall–Kier alpha value is -0.710. The fourth-order valence-corrected chi connectivity index (χ4v) is 2.71. The van der Waals surface area contributed by atoms with Crippen molar-refractivity contribution in [2.24, 2.45) is 0 Å². The van der Waals surface area contributed by atoms with Crippen molar-refractivity contribution in [3.63, 3.8) is 0 Å². The van der Waals surface area contributed by atoms with Gasteiger partial charge in [0.25, 0.3) is 0 Å². The summed E-state index contributed by atoms with van der Waals surface area (Å²) in [6, 6.07) is 12.0. The van der Waals surface area contributed by atoms with E-state index >= 15 is 0 Å². The lowest BCUT2D eigenvalue weighted by Crippen LogP contribution is -2.03.